The van der Waals surface area contributed by atoms with Crippen LogP contribution in [-0.2, 0) is 5.60 Å². The zero-order valence-corrected chi connectivity index (χ0v) is 14.3. The zero-order chi connectivity index (χ0) is 14.8. The second kappa shape index (κ2) is 8.27. The summed E-state index contributed by atoms with van der Waals surface area (Å²) in [5, 5.41) is 16.3. The molecule has 0 spiro atoms. The predicted molar refractivity (Wildman–Crippen MR) is 71.3 cm³/mol. The van der Waals surface area contributed by atoms with Gasteiger partial charge in [0.25, 0.3) is 0 Å². The Morgan fingerprint density at radius 2 is 1.76 bits per heavy atom. The largest absolute Gasteiger partial charge is 1.00 e. The normalized spacial score (nSPS) is 11.0. The van der Waals surface area contributed by atoms with E-state index in [0.717, 1.165) is 0 Å². The molecule has 0 unspecified atom stereocenters. The minimum atomic E-state index is -1.42. The molecule has 0 aliphatic rings. The summed E-state index contributed by atoms with van der Waals surface area (Å²) in [5.41, 5.74) is -1.45. The second-order valence-corrected chi connectivity index (χ2v) is 5.84. The topological polar surface area (TPSA) is 76.3 Å². The van der Waals surface area contributed by atoms with Gasteiger partial charge in [-0.2, -0.15) is 0 Å². The van der Waals surface area contributed by atoms with Crippen molar-refractivity contribution in [1.29, 1.82) is 0 Å². The molecule has 0 saturated carbocycles. The molecule has 1 aromatic heterocycles. The molecule has 106 valence electrons. The van der Waals surface area contributed by atoms with E-state index in [1.54, 1.807) is 6.07 Å². The van der Waals surface area contributed by atoms with E-state index in [4.69, 9.17) is 4.74 Å². The Balaban J connectivity index is 0. The van der Waals surface area contributed by atoms with Crippen molar-refractivity contribution in [3.05, 3.63) is 28.7 Å². The number of pyridine rings is 1. The van der Waals surface area contributed by atoms with Crippen LogP contribution in [0.25, 0.3) is 5.32 Å². The fourth-order valence-electron chi connectivity index (χ4n) is 1.67. The smallest absolute Gasteiger partial charge is 0.846 e. The van der Waals surface area contributed by atoms with E-state index in [2.05, 4.69) is 10.3 Å². The van der Waals surface area contributed by atoms with Crippen molar-refractivity contribution in [2.45, 2.75) is 45.8 Å². The SMILES string of the molecule is COc1nccc(C(C)(C)[O-])c1C(=O)[N-]C(C)(C)C.[Li+].[Li+]. The van der Waals surface area contributed by atoms with Crippen LogP contribution in [0.5, 0.6) is 5.88 Å². The van der Waals surface area contributed by atoms with Crippen LogP contribution in [0.2, 0.25) is 0 Å². The summed E-state index contributed by atoms with van der Waals surface area (Å²) in [4.78, 5) is 16.3. The molecule has 1 amide bonds. The summed E-state index contributed by atoms with van der Waals surface area (Å²) in [6.45, 7) is 8.44. The molecule has 0 atom stereocenters. The maximum absolute atomic E-state index is 12.3. The van der Waals surface area contributed by atoms with Gasteiger partial charge in [0.2, 0.25) is 5.88 Å². The van der Waals surface area contributed by atoms with Gasteiger partial charge >= 0.3 is 37.7 Å². The molecule has 0 fully saturated rings. The van der Waals surface area contributed by atoms with Gasteiger partial charge in [0.1, 0.15) is 0 Å². The number of hydrogen-bond acceptors (Lipinski definition) is 4. The fraction of sp³-hybridized carbons (Fsp3) is 0.571. The van der Waals surface area contributed by atoms with Crippen LogP contribution in [0, 0.1) is 0 Å². The third kappa shape index (κ3) is 6.47. The molecule has 0 aromatic carbocycles. The van der Waals surface area contributed by atoms with Crippen molar-refractivity contribution in [3.63, 3.8) is 0 Å². The summed E-state index contributed by atoms with van der Waals surface area (Å²) in [6.07, 6.45) is 1.46. The maximum Gasteiger partial charge on any atom is 1.00 e. The van der Waals surface area contributed by atoms with Gasteiger partial charge in [-0.1, -0.05) is 40.2 Å². The molecular weight excluding hydrogens is 258 g/mol. The van der Waals surface area contributed by atoms with Crippen LogP contribution >= 0.6 is 0 Å². The van der Waals surface area contributed by atoms with Crippen LogP contribution in [0.15, 0.2) is 12.3 Å². The van der Waals surface area contributed by atoms with E-state index in [-0.39, 0.29) is 49.2 Å². The van der Waals surface area contributed by atoms with E-state index < -0.39 is 17.0 Å². The standard InChI is InChI=1S/C14H21N2O3.2Li/c1-13(2,3)16-11(17)10-9(14(4,5)18)7-8-15-12(10)19-6;;/h7-8H,1-6H3,(H,16,17);;/q-1;2*+1/p-1. The first kappa shape index (κ1) is 22.8. The van der Waals surface area contributed by atoms with Crippen LogP contribution in [0.3, 0.4) is 0 Å². The Labute approximate surface area is 150 Å². The first-order chi connectivity index (χ1) is 8.56. The summed E-state index contributed by atoms with van der Waals surface area (Å²) in [7, 11) is 1.41. The molecule has 21 heavy (non-hydrogen) atoms. The zero-order valence-electron chi connectivity index (χ0n) is 14.3. The first-order valence-corrected chi connectivity index (χ1v) is 6.07. The first-order valence-electron chi connectivity index (χ1n) is 6.07. The monoisotopic (exact) mass is 278 g/mol. The molecule has 0 saturated heterocycles. The third-order valence-corrected chi connectivity index (χ3v) is 2.41. The van der Waals surface area contributed by atoms with Crippen molar-refractivity contribution in [1.82, 2.24) is 4.98 Å². The molecule has 5 nitrogen and oxygen atoms in total. The van der Waals surface area contributed by atoms with Crippen LogP contribution in [0.4, 0.5) is 0 Å². The summed E-state index contributed by atoms with van der Waals surface area (Å²) < 4.78 is 5.09. The molecule has 0 aliphatic heterocycles. The number of methoxy groups -OCH3 is 1. The van der Waals surface area contributed by atoms with Gasteiger partial charge in [0.05, 0.1) is 18.6 Å². The molecule has 0 radical (unpaired) electrons. The van der Waals surface area contributed by atoms with Crippen molar-refractivity contribution in [3.8, 4) is 5.88 Å². The van der Waals surface area contributed by atoms with E-state index >= 15 is 0 Å². The van der Waals surface area contributed by atoms with Crippen LogP contribution < -0.4 is 47.6 Å². The number of hydrogen-bond donors (Lipinski definition) is 0. The molecule has 7 heteroatoms. The predicted octanol–water partition coefficient (Wildman–Crippen LogP) is -3.99. The number of aromatic nitrogens is 1. The Hall–Kier alpha value is -0.425. The van der Waals surface area contributed by atoms with Crippen molar-refractivity contribution < 1.29 is 52.4 Å². The van der Waals surface area contributed by atoms with Gasteiger partial charge in [0.15, 0.2) is 0 Å². The molecule has 1 heterocycles. The Morgan fingerprint density at radius 1 is 1.24 bits per heavy atom. The molecule has 0 N–H and O–H groups in total. The quantitative estimate of drug-likeness (QED) is 0.528. The molecule has 1 rings (SSSR count). The number of carbonyl (C=O) groups is 1. The Kier molecular flexibility index (Phi) is 9.00. The molecule has 0 aliphatic carbocycles. The van der Waals surface area contributed by atoms with E-state index in [0.29, 0.717) is 5.56 Å². The van der Waals surface area contributed by atoms with Crippen LogP contribution in [0.1, 0.15) is 50.5 Å². The minimum absolute atomic E-state index is 0. The Morgan fingerprint density at radius 3 is 2.14 bits per heavy atom. The number of nitrogens with zero attached hydrogens (tertiary/aromatic N) is 2. The van der Waals surface area contributed by atoms with Gasteiger partial charge in [-0.3, -0.25) is 0 Å². The van der Waals surface area contributed by atoms with Crippen molar-refractivity contribution >= 4 is 5.91 Å². The van der Waals surface area contributed by atoms with Gasteiger partial charge in [-0.25, -0.2) is 4.98 Å². The average molecular weight is 278 g/mol. The van der Waals surface area contributed by atoms with E-state index in [1.807, 2.05) is 20.8 Å². The number of ether oxygens (including phenoxy) is 1. The summed E-state index contributed by atoms with van der Waals surface area (Å²) >= 11 is 0. The van der Waals surface area contributed by atoms with Gasteiger partial charge in [-0.15, -0.1) is 5.54 Å². The summed E-state index contributed by atoms with van der Waals surface area (Å²) in [6, 6.07) is 1.54. The molecular formula is C14H20Li2N2O3. The molecule has 0 bridgehead atoms. The van der Waals surface area contributed by atoms with Crippen molar-refractivity contribution in [2.24, 2.45) is 0 Å². The van der Waals surface area contributed by atoms with Gasteiger partial charge in [0, 0.05) is 6.20 Å². The minimum Gasteiger partial charge on any atom is -0.846 e. The molecule has 1 aromatic rings. The fourth-order valence-corrected chi connectivity index (χ4v) is 1.67. The number of carbonyl (C=O) groups excluding carboxylic acids is 1. The Bertz CT molecular complexity index is 480. The van der Waals surface area contributed by atoms with E-state index in [9.17, 15) is 9.90 Å². The third-order valence-electron chi connectivity index (χ3n) is 2.41. The van der Waals surface area contributed by atoms with E-state index in [1.165, 1.54) is 27.2 Å². The number of amides is 1. The number of rotatable bonds is 3. The van der Waals surface area contributed by atoms with Gasteiger partial charge < -0.3 is 20.0 Å². The second-order valence-electron chi connectivity index (χ2n) is 5.84. The van der Waals surface area contributed by atoms with Crippen LogP contribution in [-0.4, -0.2) is 23.5 Å². The maximum atomic E-state index is 12.3. The van der Waals surface area contributed by atoms with Gasteiger partial charge in [-0.05, 0) is 11.6 Å². The summed E-state index contributed by atoms with van der Waals surface area (Å²) in [5.74, 6) is -0.337. The average Bonchev–Trinajstić information content (AvgIpc) is 2.24. The van der Waals surface area contributed by atoms with Crippen molar-refractivity contribution in [2.75, 3.05) is 7.11 Å².